The van der Waals surface area contributed by atoms with E-state index in [0.717, 1.165) is 0 Å². The summed E-state index contributed by atoms with van der Waals surface area (Å²) in [5.41, 5.74) is 5.94. The van der Waals surface area contributed by atoms with Gasteiger partial charge in [0.15, 0.2) is 0 Å². The molecule has 0 aliphatic rings. The fourth-order valence-electron chi connectivity index (χ4n) is 0.877. The Labute approximate surface area is 82.7 Å². The second-order valence-electron chi connectivity index (χ2n) is 3.18. The predicted octanol–water partition coefficient (Wildman–Crippen LogP) is -0.199. The van der Waals surface area contributed by atoms with Gasteiger partial charge in [0.1, 0.15) is 0 Å². The number of carbonyl (C=O) groups excluding carboxylic acids is 1. The van der Waals surface area contributed by atoms with E-state index in [0.29, 0.717) is 18.7 Å². The number of rotatable bonds is 4. The number of nitrogens with two attached hydrogens (primary N) is 1. The van der Waals surface area contributed by atoms with Gasteiger partial charge in [0.05, 0.1) is 18.0 Å². The minimum Gasteiger partial charge on any atom is -0.352 e. The molecule has 1 amide bonds. The SMILES string of the molecule is CC(CN)CNC(=O)c1ccnnc1. The summed E-state index contributed by atoms with van der Waals surface area (Å²) >= 11 is 0. The Bertz CT molecular complexity index is 288. The number of amides is 1. The first kappa shape index (κ1) is 10.6. The molecule has 0 saturated carbocycles. The van der Waals surface area contributed by atoms with Crippen molar-refractivity contribution in [1.29, 1.82) is 0 Å². The number of hydrogen-bond acceptors (Lipinski definition) is 4. The van der Waals surface area contributed by atoms with Gasteiger partial charge in [-0.25, -0.2) is 0 Å². The zero-order valence-electron chi connectivity index (χ0n) is 8.10. The Kier molecular flexibility index (Phi) is 4.00. The third-order valence-electron chi connectivity index (χ3n) is 1.86. The van der Waals surface area contributed by atoms with Crippen LogP contribution in [0.1, 0.15) is 17.3 Å². The first-order valence-corrected chi connectivity index (χ1v) is 4.49. The van der Waals surface area contributed by atoms with E-state index in [-0.39, 0.29) is 11.8 Å². The molecule has 76 valence electrons. The highest BCUT2D eigenvalue weighted by atomic mass is 16.1. The molecule has 0 spiro atoms. The molecule has 3 N–H and O–H groups in total. The molecule has 0 aliphatic heterocycles. The first-order chi connectivity index (χ1) is 6.74. The molecule has 5 heteroatoms. The van der Waals surface area contributed by atoms with Crippen LogP contribution in [0.4, 0.5) is 0 Å². The highest BCUT2D eigenvalue weighted by Gasteiger charge is 2.06. The standard InChI is InChI=1S/C9H14N4O/c1-7(4-10)5-11-9(14)8-2-3-12-13-6-8/h2-3,6-7H,4-5,10H2,1H3,(H,11,14). The van der Waals surface area contributed by atoms with Crippen LogP contribution in [0, 0.1) is 5.92 Å². The highest BCUT2D eigenvalue weighted by molar-refractivity contribution is 5.93. The van der Waals surface area contributed by atoms with Crippen molar-refractivity contribution < 1.29 is 4.79 Å². The highest BCUT2D eigenvalue weighted by Crippen LogP contribution is 1.94. The van der Waals surface area contributed by atoms with Gasteiger partial charge in [-0.3, -0.25) is 4.79 Å². The van der Waals surface area contributed by atoms with Gasteiger partial charge in [0.25, 0.3) is 5.91 Å². The van der Waals surface area contributed by atoms with E-state index in [4.69, 9.17) is 5.73 Å². The van der Waals surface area contributed by atoms with Crippen molar-refractivity contribution >= 4 is 5.91 Å². The lowest BCUT2D eigenvalue weighted by Crippen LogP contribution is -2.31. The second kappa shape index (κ2) is 5.29. The number of aromatic nitrogens is 2. The van der Waals surface area contributed by atoms with Crippen molar-refractivity contribution in [2.45, 2.75) is 6.92 Å². The van der Waals surface area contributed by atoms with Crippen molar-refractivity contribution in [2.75, 3.05) is 13.1 Å². The summed E-state index contributed by atoms with van der Waals surface area (Å²) in [6, 6.07) is 1.62. The molecule has 14 heavy (non-hydrogen) atoms. The van der Waals surface area contributed by atoms with Crippen molar-refractivity contribution in [3.63, 3.8) is 0 Å². The van der Waals surface area contributed by atoms with Crippen LogP contribution in [0.2, 0.25) is 0 Å². The van der Waals surface area contributed by atoms with Gasteiger partial charge in [-0.2, -0.15) is 10.2 Å². The van der Waals surface area contributed by atoms with Gasteiger partial charge in [0, 0.05) is 6.54 Å². The summed E-state index contributed by atoms with van der Waals surface area (Å²) in [5, 5.41) is 9.97. The Morgan fingerprint density at radius 1 is 1.64 bits per heavy atom. The van der Waals surface area contributed by atoms with Gasteiger partial charge in [-0.15, -0.1) is 0 Å². The molecule has 1 atom stereocenters. The number of nitrogens with one attached hydrogen (secondary N) is 1. The van der Waals surface area contributed by atoms with E-state index >= 15 is 0 Å². The Morgan fingerprint density at radius 3 is 3.00 bits per heavy atom. The molecule has 0 radical (unpaired) electrons. The van der Waals surface area contributed by atoms with Gasteiger partial charge in [-0.05, 0) is 18.5 Å². The van der Waals surface area contributed by atoms with Crippen LogP contribution in [0.25, 0.3) is 0 Å². The van der Waals surface area contributed by atoms with Crippen LogP contribution in [0.3, 0.4) is 0 Å². The summed E-state index contributed by atoms with van der Waals surface area (Å²) in [7, 11) is 0. The second-order valence-corrected chi connectivity index (χ2v) is 3.18. The van der Waals surface area contributed by atoms with Crippen LogP contribution in [0.15, 0.2) is 18.5 Å². The van der Waals surface area contributed by atoms with Crippen LogP contribution in [-0.4, -0.2) is 29.2 Å². The predicted molar refractivity (Wildman–Crippen MR) is 52.6 cm³/mol. The molecule has 1 aromatic rings. The maximum atomic E-state index is 11.4. The maximum absolute atomic E-state index is 11.4. The molecule has 1 unspecified atom stereocenters. The Balaban J connectivity index is 2.44. The zero-order chi connectivity index (χ0) is 10.4. The normalized spacial score (nSPS) is 12.1. The van der Waals surface area contributed by atoms with Gasteiger partial charge < -0.3 is 11.1 Å². The van der Waals surface area contributed by atoms with E-state index in [1.807, 2.05) is 6.92 Å². The Hall–Kier alpha value is -1.49. The van der Waals surface area contributed by atoms with Crippen molar-refractivity contribution in [3.8, 4) is 0 Å². The van der Waals surface area contributed by atoms with E-state index in [1.54, 1.807) is 6.07 Å². The van der Waals surface area contributed by atoms with Gasteiger partial charge in [0.2, 0.25) is 0 Å². The van der Waals surface area contributed by atoms with E-state index < -0.39 is 0 Å². The summed E-state index contributed by atoms with van der Waals surface area (Å²) in [4.78, 5) is 11.4. The topological polar surface area (TPSA) is 80.9 Å². The lowest BCUT2D eigenvalue weighted by atomic mass is 10.2. The average molecular weight is 194 g/mol. The number of hydrogen-bond donors (Lipinski definition) is 2. The molecule has 5 nitrogen and oxygen atoms in total. The first-order valence-electron chi connectivity index (χ1n) is 4.49. The van der Waals surface area contributed by atoms with Gasteiger partial charge >= 0.3 is 0 Å². The van der Waals surface area contributed by atoms with E-state index in [9.17, 15) is 4.79 Å². The van der Waals surface area contributed by atoms with Crippen molar-refractivity contribution in [3.05, 3.63) is 24.0 Å². The Morgan fingerprint density at radius 2 is 2.43 bits per heavy atom. The molecule has 1 rings (SSSR count). The summed E-state index contributed by atoms with van der Waals surface area (Å²) < 4.78 is 0. The lowest BCUT2D eigenvalue weighted by Gasteiger charge is -2.09. The van der Waals surface area contributed by atoms with Crippen molar-refractivity contribution in [1.82, 2.24) is 15.5 Å². The monoisotopic (exact) mass is 194 g/mol. The lowest BCUT2D eigenvalue weighted by molar-refractivity contribution is 0.0948. The van der Waals surface area contributed by atoms with Gasteiger partial charge in [-0.1, -0.05) is 6.92 Å². The van der Waals surface area contributed by atoms with Crippen LogP contribution in [-0.2, 0) is 0 Å². The maximum Gasteiger partial charge on any atom is 0.252 e. The third kappa shape index (κ3) is 3.10. The zero-order valence-corrected chi connectivity index (χ0v) is 8.10. The molecular weight excluding hydrogens is 180 g/mol. The number of nitrogens with zero attached hydrogens (tertiary/aromatic N) is 2. The molecule has 1 aromatic heterocycles. The minimum absolute atomic E-state index is 0.139. The largest absolute Gasteiger partial charge is 0.352 e. The van der Waals surface area contributed by atoms with E-state index in [1.165, 1.54) is 12.4 Å². The molecule has 0 fully saturated rings. The third-order valence-corrected chi connectivity index (χ3v) is 1.86. The number of carbonyl (C=O) groups is 1. The molecular formula is C9H14N4O. The summed E-state index contributed by atoms with van der Waals surface area (Å²) in [6.45, 7) is 3.12. The fraction of sp³-hybridized carbons (Fsp3) is 0.444. The van der Waals surface area contributed by atoms with E-state index in [2.05, 4.69) is 15.5 Å². The molecule has 0 saturated heterocycles. The molecule has 1 heterocycles. The average Bonchev–Trinajstić information content (AvgIpc) is 2.26. The molecule has 0 aliphatic carbocycles. The smallest absolute Gasteiger partial charge is 0.252 e. The van der Waals surface area contributed by atoms with Crippen LogP contribution < -0.4 is 11.1 Å². The molecule has 0 bridgehead atoms. The summed E-state index contributed by atoms with van der Waals surface area (Å²) in [5.74, 6) is 0.147. The fourth-order valence-corrected chi connectivity index (χ4v) is 0.877. The minimum atomic E-state index is -0.139. The molecule has 0 aromatic carbocycles. The van der Waals surface area contributed by atoms with Crippen LogP contribution >= 0.6 is 0 Å². The summed E-state index contributed by atoms with van der Waals surface area (Å²) in [6.07, 6.45) is 2.92. The van der Waals surface area contributed by atoms with Crippen LogP contribution in [0.5, 0.6) is 0 Å². The van der Waals surface area contributed by atoms with Crippen molar-refractivity contribution in [2.24, 2.45) is 11.7 Å². The quantitative estimate of drug-likeness (QED) is 0.695.